The van der Waals surface area contributed by atoms with Crippen molar-refractivity contribution in [2.24, 2.45) is 5.92 Å². The van der Waals surface area contributed by atoms with Gasteiger partial charge in [-0.3, -0.25) is 9.59 Å². The molecule has 1 aliphatic rings. The van der Waals surface area contributed by atoms with Crippen LogP contribution in [0.1, 0.15) is 36.0 Å². The van der Waals surface area contributed by atoms with Gasteiger partial charge in [0.2, 0.25) is 0 Å². The van der Waals surface area contributed by atoms with Crippen molar-refractivity contribution in [3.8, 4) is 0 Å². The zero-order chi connectivity index (χ0) is 14.7. The van der Waals surface area contributed by atoms with Gasteiger partial charge in [-0.25, -0.2) is 0 Å². The van der Waals surface area contributed by atoms with E-state index >= 15 is 0 Å². The molecule has 0 heterocycles. The number of carbonyl (C=O) groups is 2. The van der Waals surface area contributed by atoms with Gasteiger partial charge in [-0.2, -0.15) is 0 Å². The second kappa shape index (κ2) is 6.26. The molecule has 4 N–H and O–H groups in total. The van der Waals surface area contributed by atoms with Crippen LogP contribution in [0.4, 0.5) is 5.69 Å². The molecule has 0 aromatic heterocycles. The first-order valence-corrected chi connectivity index (χ1v) is 7.35. The summed E-state index contributed by atoms with van der Waals surface area (Å²) in [7, 11) is 0. The molecule has 0 unspecified atom stereocenters. The van der Waals surface area contributed by atoms with Crippen molar-refractivity contribution in [2.75, 3.05) is 5.73 Å². The van der Waals surface area contributed by atoms with Crippen molar-refractivity contribution in [3.05, 3.63) is 28.2 Å². The highest BCUT2D eigenvalue weighted by Crippen LogP contribution is 2.25. The fraction of sp³-hybridized carbons (Fsp3) is 0.429. The SMILES string of the molecule is Nc1cc(Br)ccc1C(=O)NC1CCC(C(=O)O)CC1. The van der Waals surface area contributed by atoms with Crippen LogP contribution in [0.15, 0.2) is 22.7 Å². The van der Waals surface area contributed by atoms with Gasteiger partial charge in [-0.15, -0.1) is 0 Å². The van der Waals surface area contributed by atoms with Crippen LogP contribution in [0.25, 0.3) is 0 Å². The summed E-state index contributed by atoms with van der Waals surface area (Å²) in [5.41, 5.74) is 6.70. The molecule has 0 radical (unpaired) electrons. The first-order chi connectivity index (χ1) is 9.47. The molecule has 1 aromatic carbocycles. The van der Waals surface area contributed by atoms with Crippen LogP contribution in [0, 0.1) is 5.92 Å². The summed E-state index contributed by atoms with van der Waals surface area (Å²) in [4.78, 5) is 23.0. The van der Waals surface area contributed by atoms with E-state index in [1.54, 1.807) is 18.2 Å². The predicted molar refractivity (Wildman–Crippen MR) is 79.4 cm³/mol. The molecule has 1 aromatic rings. The molecule has 20 heavy (non-hydrogen) atoms. The summed E-state index contributed by atoms with van der Waals surface area (Å²) < 4.78 is 0.827. The van der Waals surface area contributed by atoms with Gasteiger partial charge in [-0.1, -0.05) is 15.9 Å². The smallest absolute Gasteiger partial charge is 0.306 e. The van der Waals surface area contributed by atoms with E-state index in [-0.39, 0.29) is 17.9 Å². The molecule has 2 rings (SSSR count). The van der Waals surface area contributed by atoms with Crippen LogP contribution >= 0.6 is 15.9 Å². The fourth-order valence-electron chi connectivity index (χ4n) is 2.49. The molecule has 0 spiro atoms. The highest BCUT2D eigenvalue weighted by molar-refractivity contribution is 9.10. The van der Waals surface area contributed by atoms with Crippen molar-refractivity contribution in [1.82, 2.24) is 5.32 Å². The van der Waals surface area contributed by atoms with Crippen LogP contribution < -0.4 is 11.1 Å². The van der Waals surface area contributed by atoms with Crippen LogP contribution in [-0.2, 0) is 4.79 Å². The topological polar surface area (TPSA) is 92.4 Å². The van der Waals surface area contributed by atoms with Crippen LogP contribution in [-0.4, -0.2) is 23.0 Å². The number of carboxylic acids is 1. The van der Waals surface area contributed by atoms with Gasteiger partial charge in [0.15, 0.2) is 0 Å². The Hall–Kier alpha value is -1.56. The van der Waals surface area contributed by atoms with Crippen LogP contribution in [0.5, 0.6) is 0 Å². The third kappa shape index (κ3) is 3.50. The highest BCUT2D eigenvalue weighted by Gasteiger charge is 2.27. The van der Waals surface area contributed by atoms with Gasteiger partial charge in [0.05, 0.1) is 11.5 Å². The van der Waals surface area contributed by atoms with E-state index in [9.17, 15) is 9.59 Å². The van der Waals surface area contributed by atoms with Crippen molar-refractivity contribution in [3.63, 3.8) is 0 Å². The number of hydrogen-bond acceptors (Lipinski definition) is 3. The summed E-state index contributed by atoms with van der Waals surface area (Å²) in [6.07, 6.45) is 2.60. The van der Waals surface area contributed by atoms with E-state index in [2.05, 4.69) is 21.2 Å². The Labute approximate surface area is 125 Å². The lowest BCUT2D eigenvalue weighted by Crippen LogP contribution is -2.38. The Morgan fingerprint density at radius 3 is 2.45 bits per heavy atom. The maximum absolute atomic E-state index is 12.1. The summed E-state index contributed by atoms with van der Waals surface area (Å²) in [5.74, 6) is -1.22. The Kier molecular flexibility index (Phi) is 4.65. The maximum Gasteiger partial charge on any atom is 0.306 e. The van der Waals surface area contributed by atoms with Crippen LogP contribution in [0.3, 0.4) is 0 Å². The van der Waals surface area contributed by atoms with E-state index in [4.69, 9.17) is 10.8 Å². The normalized spacial score (nSPS) is 22.2. The number of aliphatic carboxylic acids is 1. The third-order valence-corrected chi connectivity index (χ3v) is 4.16. The number of anilines is 1. The van der Waals surface area contributed by atoms with Crippen LogP contribution in [0.2, 0.25) is 0 Å². The lowest BCUT2D eigenvalue weighted by molar-refractivity contribution is -0.142. The second-order valence-corrected chi connectivity index (χ2v) is 6.01. The molecule has 5 nitrogen and oxygen atoms in total. The number of rotatable bonds is 3. The Morgan fingerprint density at radius 1 is 1.25 bits per heavy atom. The minimum absolute atomic E-state index is 0.0288. The van der Waals surface area contributed by atoms with Crippen molar-refractivity contribution >= 4 is 33.5 Å². The van der Waals surface area contributed by atoms with Gasteiger partial charge in [0, 0.05) is 16.2 Å². The molecule has 1 fully saturated rings. The molecule has 1 amide bonds. The van der Waals surface area contributed by atoms with Crippen molar-refractivity contribution in [2.45, 2.75) is 31.7 Å². The van der Waals surface area contributed by atoms with E-state index < -0.39 is 5.97 Å². The standard InChI is InChI=1S/C14H17BrN2O3/c15-9-3-6-11(12(16)7-9)13(18)17-10-4-1-8(2-5-10)14(19)20/h3,6-8,10H,1-2,4-5,16H2,(H,17,18)(H,19,20). The molecular weight excluding hydrogens is 324 g/mol. The van der Waals surface area contributed by atoms with Gasteiger partial charge in [0.1, 0.15) is 0 Å². The number of amides is 1. The molecule has 1 saturated carbocycles. The number of nitrogen functional groups attached to an aromatic ring is 1. The number of hydrogen-bond donors (Lipinski definition) is 3. The average Bonchev–Trinajstić information content (AvgIpc) is 2.39. The van der Waals surface area contributed by atoms with Gasteiger partial charge >= 0.3 is 5.97 Å². The molecule has 1 aliphatic carbocycles. The van der Waals surface area contributed by atoms with Gasteiger partial charge in [0.25, 0.3) is 5.91 Å². The number of carboxylic acid groups (broad SMARTS) is 1. The number of benzene rings is 1. The largest absolute Gasteiger partial charge is 0.481 e. The van der Waals surface area contributed by atoms with Gasteiger partial charge in [-0.05, 0) is 43.9 Å². The molecule has 0 aliphatic heterocycles. The zero-order valence-electron chi connectivity index (χ0n) is 10.9. The third-order valence-electron chi connectivity index (χ3n) is 3.67. The molecule has 0 bridgehead atoms. The summed E-state index contributed by atoms with van der Waals surface area (Å²) in [5, 5.41) is 11.9. The molecule has 0 saturated heterocycles. The molecular formula is C14H17BrN2O3. The number of nitrogens with one attached hydrogen (secondary N) is 1. The number of carbonyl (C=O) groups excluding carboxylic acids is 1. The number of nitrogens with two attached hydrogens (primary N) is 1. The molecule has 108 valence electrons. The highest BCUT2D eigenvalue weighted by atomic mass is 79.9. The van der Waals surface area contributed by atoms with Gasteiger partial charge < -0.3 is 16.2 Å². The Bertz CT molecular complexity index is 525. The minimum Gasteiger partial charge on any atom is -0.481 e. The Balaban J connectivity index is 1.94. The average molecular weight is 341 g/mol. The minimum atomic E-state index is -0.744. The van der Waals surface area contributed by atoms with Crippen molar-refractivity contribution < 1.29 is 14.7 Å². The van der Waals surface area contributed by atoms with E-state index in [0.29, 0.717) is 36.9 Å². The molecule has 0 atom stereocenters. The van der Waals surface area contributed by atoms with E-state index in [0.717, 1.165) is 4.47 Å². The lowest BCUT2D eigenvalue weighted by Gasteiger charge is -2.27. The first-order valence-electron chi connectivity index (χ1n) is 6.56. The maximum atomic E-state index is 12.1. The van der Waals surface area contributed by atoms with E-state index in [1.165, 1.54) is 0 Å². The number of halogens is 1. The first kappa shape index (κ1) is 14.8. The lowest BCUT2D eigenvalue weighted by atomic mass is 9.86. The Morgan fingerprint density at radius 2 is 1.90 bits per heavy atom. The summed E-state index contributed by atoms with van der Waals surface area (Å²) >= 11 is 3.30. The van der Waals surface area contributed by atoms with E-state index in [1.807, 2.05) is 0 Å². The predicted octanol–water partition coefficient (Wildman–Crippen LogP) is 2.40. The monoisotopic (exact) mass is 340 g/mol. The summed E-state index contributed by atoms with van der Waals surface area (Å²) in [6, 6.07) is 5.17. The zero-order valence-corrected chi connectivity index (χ0v) is 12.5. The fourth-order valence-corrected chi connectivity index (χ4v) is 2.87. The summed E-state index contributed by atoms with van der Waals surface area (Å²) in [6.45, 7) is 0. The molecule has 6 heteroatoms. The quantitative estimate of drug-likeness (QED) is 0.736. The second-order valence-electron chi connectivity index (χ2n) is 5.09. The van der Waals surface area contributed by atoms with Crippen molar-refractivity contribution in [1.29, 1.82) is 0 Å².